The van der Waals surface area contributed by atoms with Crippen molar-refractivity contribution in [3.05, 3.63) is 35.3 Å². The van der Waals surface area contributed by atoms with Gasteiger partial charge in [-0.2, -0.15) is 0 Å². The van der Waals surface area contributed by atoms with Gasteiger partial charge in [0.1, 0.15) is 17.3 Å². The quantitative estimate of drug-likeness (QED) is 0.832. The molecule has 0 saturated carbocycles. The number of hydrogen-bond donors (Lipinski definition) is 0. The molecule has 1 amide bonds. The van der Waals surface area contributed by atoms with E-state index in [9.17, 15) is 4.79 Å². The zero-order valence-corrected chi connectivity index (χ0v) is 13.6. The van der Waals surface area contributed by atoms with E-state index in [-0.39, 0.29) is 5.91 Å². The van der Waals surface area contributed by atoms with E-state index >= 15 is 0 Å². The molecule has 1 aliphatic rings. The molecule has 0 N–H and O–H groups in total. The Morgan fingerprint density at radius 2 is 2.22 bits per heavy atom. The van der Waals surface area contributed by atoms with Gasteiger partial charge in [0, 0.05) is 32.9 Å². The molecule has 0 atom stereocenters. The van der Waals surface area contributed by atoms with Crippen molar-refractivity contribution in [3.63, 3.8) is 0 Å². The Kier molecular flexibility index (Phi) is 4.76. The van der Waals surface area contributed by atoms with Crippen LogP contribution in [-0.4, -0.2) is 45.8 Å². The molecule has 1 aliphatic heterocycles. The summed E-state index contributed by atoms with van der Waals surface area (Å²) in [5.41, 5.74) is 0. The number of aromatic nitrogens is 3. The Hall–Kier alpha value is -2.15. The summed E-state index contributed by atoms with van der Waals surface area (Å²) in [7, 11) is 1.80. The maximum atomic E-state index is 12.3. The summed E-state index contributed by atoms with van der Waals surface area (Å²) >= 11 is 0. The lowest BCUT2D eigenvalue weighted by atomic mass is 10.2. The van der Waals surface area contributed by atoms with Crippen molar-refractivity contribution in [1.82, 2.24) is 19.7 Å². The first-order valence-electron chi connectivity index (χ1n) is 7.91. The lowest BCUT2D eigenvalue weighted by molar-refractivity contribution is -0.130. The van der Waals surface area contributed by atoms with Crippen LogP contribution in [0.3, 0.4) is 0 Å². The normalized spacial score (nSPS) is 14.3. The third-order valence-corrected chi connectivity index (χ3v) is 4.02. The molecule has 23 heavy (non-hydrogen) atoms. The smallest absolute Gasteiger partial charge is 0.223 e. The zero-order chi connectivity index (χ0) is 16.2. The second kappa shape index (κ2) is 6.95. The molecule has 2 aromatic rings. The van der Waals surface area contributed by atoms with E-state index in [1.165, 1.54) is 0 Å². The number of fused-ring (bicyclic) bond motifs is 1. The molecule has 0 radical (unpaired) electrons. The molecule has 3 rings (SSSR count). The van der Waals surface area contributed by atoms with Crippen molar-refractivity contribution in [3.8, 4) is 0 Å². The van der Waals surface area contributed by atoms with Gasteiger partial charge in [0.15, 0.2) is 5.82 Å². The van der Waals surface area contributed by atoms with Crippen LogP contribution < -0.4 is 0 Å². The summed E-state index contributed by atoms with van der Waals surface area (Å²) in [6.07, 6.45) is 1.80. The predicted octanol–water partition coefficient (Wildman–Crippen LogP) is 1.34. The van der Waals surface area contributed by atoms with E-state index < -0.39 is 0 Å². The van der Waals surface area contributed by atoms with Crippen molar-refractivity contribution in [2.24, 2.45) is 0 Å². The van der Waals surface area contributed by atoms with Crippen LogP contribution in [0.4, 0.5) is 0 Å². The lowest BCUT2D eigenvalue weighted by Gasteiger charge is -2.17. The molecule has 0 aliphatic carbocycles. The van der Waals surface area contributed by atoms with Gasteiger partial charge in [-0.05, 0) is 19.1 Å². The maximum Gasteiger partial charge on any atom is 0.223 e. The fourth-order valence-electron chi connectivity index (χ4n) is 2.69. The van der Waals surface area contributed by atoms with Crippen LogP contribution in [0.2, 0.25) is 0 Å². The SMILES string of the molecule is Cc1ccc(CCC(=O)N(C)Cc2nnc3n2CCOCC3)o1. The topological polar surface area (TPSA) is 73.4 Å². The first kappa shape index (κ1) is 15.7. The summed E-state index contributed by atoms with van der Waals surface area (Å²) in [5.74, 6) is 3.53. The van der Waals surface area contributed by atoms with Crippen LogP contribution in [0.5, 0.6) is 0 Å². The Morgan fingerprint density at radius 1 is 1.35 bits per heavy atom. The average molecular weight is 318 g/mol. The first-order valence-corrected chi connectivity index (χ1v) is 7.91. The Labute approximate surface area is 135 Å². The highest BCUT2D eigenvalue weighted by molar-refractivity contribution is 5.75. The van der Waals surface area contributed by atoms with Gasteiger partial charge in [-0.25, -0.2) is 0 Å². The molecule has 0 fully saturated rings. The molecule has 0 spiro atoms. The largest absolute Gasteiger partial charge is 0.466 e. The van der Waals surface area contributed by atoms with E-state index in [1.807, 2.05) is 19.1 Å². The number of rotatable bonds is 5. The minimum absolute atomic E-state index is 0.0706. The highest BCUT2D eigenvalue weighted by atomic mass is 16.5. The molecule has 2 aromatic heterocycles. The number of ether oxygens (including phenoxy) is 1. The summed E-state index contributed by atoms with van der Waals surface area (Å²) in [4.78, 5) is 14.0. The predicted molar refractivity (Wildman–Crippen MR) is 82.8 cm³/mol. The third kappa shape index (κ3) is 3.79. The molecule has 3 heterocycles. The van der Waals surface area contributed by atoms with Crippen LogP contribution in [0, 0.1) is 6.92 Å². The summed E-state index contributed by atoms with van der Waals surface area (Å²) in [5, 5.41) is 8.43. The number of carbonyl (C=O) groups is 1. The minimum Gasteiger partial charge on any atom is -0.466 e. The molecule has 0 unspecified atom stereocenters. The van der Waals surface area contributed by atoms with Crippen LogP contribution in [0.25, 0.3) is 0 Å². The minimum atomic E-state index is 0.0706. The van der Waals surface area contributed by atoms with Crippen LogP contribution in [-0.2, 0) is 35.5 Å². The third-order valence-electron chi connectivity index (χ3n) is 4.02. The van der Waals surface area contributed by atoms with Crippen LogP contribution in [0.1, 0.15) is 29.6 Å². The van der Waals surface area contributed by atoms with Gasteiger partial charge < -0.3 is 18.6 Å². The number of nitrogens with zero attached hydrogens (tertiary/aromatic N) is 4. The van der Waals surface area contributed by atoms with E-state index in [4.69, 9.17) is 9.15 Å². The molecule has 7 heteroatoms. The molecule has 0 aromatic carbocycles. The van der Waals surface area contributed by atoms with E-state index in [0.29, 0.717) is 32.6 Å². The standard InChI is InChI=1S/C16H22N4O3/c1-12-3-4-13(23-12)5-6-16(21)19(2)11-15-18-17-14-7-9-22-10-8-20(14)15/h3-4H,5-11H2,1-2H3. The number of hydrogen-bond acceptors (Lipinski definition) is 5. The molecule has 0 saturated heterocycles. The van der Waals surface area contributed by atoms with Gasteiger partial charge in [0.25, 0.3) is 0 Å². The van der Waals surface area contributed by atoms with Crippen molar-refractivity contribution in [1.29, 1.82) is 0 Å². The Bertz CT molecular complexity index is 677. The van der Waals surface area contributed by atoms with Gasteiger partial charge in [-0.1, -0.05) is 0 Å². The molecular weight excluding hydrogens is 296 g/mol. The van der Waals surface area contributed by atoms with Crippen molar-refractivity contribution >= 4 is 5.91 Å². The van der Waals surface area contributed by atoms with E-state index in [1.54, 1.807) is 11.9 Å². The van der Waals surface area contributed by atoms with Gasteiger partial charge in [-0.3, -0.25) is 4.79 Å². The Morgan fingerprint density at radius 3 is 3.00 bits per heavy atom. The fourth-order valence-corrected chi connectivity index (χ4v) is 2.69. The van der Waals surface area contributed by atoms with Crippen LogP contribution in [0.15, 0.2) is 16.5 Å². The van der Waals surface area contributed by atoms with Gasteiger partial charge in [0.2, 0.25) is 5.91 Å². The van der Waals surface area contributed by atoms with Crippen molar-refractivity contribution < 1.29 is 13.9 Å². The number of aryl methyl sites for hydroxylation is 2. The van der Waals surface area contributed by atoms with Crippen LogP contribution >= 0.6 is 0 Å². The highest BCUT2D eigenvalue weighted by Gasteiger charge is 2.18. The van der Waals surface area contributed by atoms with Gasteiger partial charge >= 0.3 is 0 Å². The van der Waals surface area contributed by atoms with Gasteiger partial charge in [0.05, 0.1) is 19.8 Å². The summed E-state index contributed by atoms with van der Waals surface area (Å²) in [6.45, 7) is 4.44. The number of carbonyl (C=O) groups excluding carboxylic acids is 1. The molecule has 124 valence electrons. The first-order chi connectivity index (χ1) is 11.1. The summed E-state index contributed by atoms with van der Waals surface area (Å²) in [6, 6.07) is 3.83. The Balaban J connectivity index is 1.57. The lowest BCUT2D eigenvalue weighted by Crippen LogP contribution is -2.28. The second-order valence-corrected chi connectivity index (χ2v) is 5.81. The molecule has 0 bridgehead atoms. The van der Waals surface area contributed by atoms with Crippen molar-refractivity contribution in [2.75, 3.05) is 20.3 Å². The average Bonchev–Trinajstić information content (AvgIpc) is 3.03. The second-order valence-electron chi connectivity index (χ2n) is 5.81. The maximum absolute atomic E-state index is 12.3. The van der Waals surface area contributed by atoms with Crippen molar-refractivity contribution in [2.45, 2.75) is 39.3 Å². The van der Waals surface area contributed by atoms with Gasteiger partial charge in [-0.15, -0.1) is 10.2 Å². The van der Waals surface area contributed by atoms with E-state index in [0.717, 1.165) is 36.1 Å². The number of amides is 1. The summed E-state index contributed by atoms with van der Waals surface area (Å²) < 4.78 is 13.0. The highest BCUT2D eigenvalue weighted by Crippen LogP contribution is 2.12. The monoisotopic (exact) mass is 318 g/mol. The zero-order valence-electron chi connectivity index (χ0n) is 13.6. The molecular formula is C16H22N4O3. The van der Waals surface area contributed by atoms with E-state index in [2.05, 4.69) is 14.8 Å². The number of furan rings is 1. The molecule has 7 nitrogen and oxygen atoms in total. The fraction of sp³-hybridized carbons (Fsp3) is 0.562.